The van der Waals surface area contributed by atoms with Crippen molar-refractivity contribution in [2.45, 2.75) is 45.1 Å². The maximum atomic E-state index is 13.6. The maximum Gasteiger partial charge on any atom is 0.303 e. The van der Waals surface area contributed by atoms with E-state index in [-0.39, 0.29) is 47.2 Å². The van der Waals surface area contributed by atoms with Gasteiger partial charge in [-0.2, -0.15) is 15.2 Å². The summed E-state index contributed by atoms with van der Waals surface area (Å²) in [6.07, 6.45) is 6.23. The summed E-state index contributed by atoms with van der Waals surface area (Å²) in [5.74, 6) is -0.137. The third-order valence-electron chi connectivity index (χ3n) is 14.0. The predicted molar refractivity (Wildman–Crippen MR) is 288 cm³/mol. The van der Waals surface area contributed by atoms with E-state index in [4.69, 9.17) is 15.5 Å². The number of thiazole rings is 2. The topological polar surface area (TPSA) is 222 Å². The van der Waals surface area contributed by atoms with Crippen LogP contribution in [-0.2, 0) is 27.2 Å². The lowest BCUT2D eigenvalue weighted by Gasteiger charge is -2.39. The Bertz CT molecular complexity index is 3250. The van der Waals surface area contributed by atoms with Crippen LogP contribution in [0.15, 0.2) is 112 Å². The molecule has 1 saturated carbocycles. The Morgan fingerprint density at radius 2 is 1.66 bits per heavy atom. The van der Waals surface area contributed by atoms with Crippen molar-refractivity contribution in [2.75, 3.05) is 60.5 Å². The Morgan fingerprint density at radius 1 is 0.863 bits per heavy atom. The number of nitrogens with zero attached hydrogens (tertiary/aromatic N) is 7. The Balaban J connectivity index is 0.602. The molecule has 6 heterocycles. The van der Waals surface area contributed by atoms with E-state index in [0.29, 0.717) is 64.1 Å². The molecule has 20 heteroatoms. The van der Waals surface area contributed by atoms with Gasteiger partial charge in [0.05, 0.1) is 24.6 Å². The third-order valence-corrected chi connectivity index (χ3v) is 16.6. The van der Waals surface area contributed by atoms with Gasteiger partial charge in [-0.15, -0.1) is 34.0 Å². The van der Waals surface area contributed by atoms with E-state index < -0.39 is 5.91 Å². The molecule has 1 saturated heterocycles. The molecule has 0 spiro atoms. The molecule has 2 fully saturated rings. The molecule has 4 aliphatic rings. The summed E-state index contributed by atoms with van der Waals surface area (Å²) in [5.41, 5.74) is 17.6. The summed E-state index contributed by atoms with van der Waals surface area (Å²) in [4.78, 5) is 70.7. The van der Waals surface area contributed by atoms with E-state index in [1.165, 1.54) is 55.8 Å². The van der Waals surface area contributed by atoms with Crippen molar-refractivity contribution in [2.24, 2.45) is 28.0 Å². The number of anilines is 4. The van der Waals surface area contributed by atoms with Crippen LogP contribution < -0.4 is 37.0 Å². The lowest BCUT2D eigenvalue weighted by Crippen LogP contribution is -2.48. The molecular weight excluding hydrogens is 981 g/mol. The number of nitrogens with two attached hydrogens (primary N) is 1. The van der Waals surface area contributed by atoms with Gasteiger partial charge in [0.1, 0.15) is 15.4 Å². The number of fused-ring (bicyclic) bond motifs is 4. The highest BCUT2D eigenvalue weighted by atomic mass is 32.1. The standard InChI is InChI=1S/C53H52N12O5S3/c1-30-7-18-40-43(54)46(73-50(40)58-30)49(68)59-38-16-14-35-26-39(17-15-34(35)25-38)64-27-36-12-13-37(28-64)42(36)48(67)56-20-23-70-22-19-55-47(66)33-10-8-31(9-11-33)41-29-72-53(60-41)65-51(69)45(61-62-52-57-21-24-71-52)44(63-65)32-5-3-2-4-6-32/h2-11,15,17-18,21,24,26,29,36-38,42H,12-14,16,19-20,22-23,25,27-28,54H2,1H3,(H,55,66)(H,56,67)(H,57,62)(H,59,68)/b61-45+. The van der Waals surface area contributed by atoms with Gasteiger partial charge in [-0.3, -0.25) is 24.6 Å². The molecule has 2 bridgehead atoms. The van der Waals surface area contributed by atoms with Crippen molar-refractivity contribution >= 4 is 101 Å². The Hall–Kier alpha value is -7.39. The van der Waals surface area contributed by atoms with Crippen LogP contribution in [0.5, 0.6) is 0 Å². The summed E-state index contributed by atoms with van der Waals surface area (Å²) >= 11 is 3.99. The largest absolute Gasteiger partial charge is 0.397 e. The van der Waals surface area contributed by atoms with Crippen LogP contribution in [0.1, 0.15) is 61.7 Å². The first kappa shape index (κ1) is 47.9. The van der Waals surface area contributed by atoms with E-state index >= 15 is 0 Å². The lowest BCUT2D eigenvalue weighted by molar-refractivity contribution is -0.128. The number of pyridine rings is 1. The number of carbonyl (C=O) groups is 4. The van der Waals surface area contributed by atoms with E-state index in [0.717, 1.165) is 72.2 Å². The Morgan fingerprint density at radius 3 is 2.44 bits per heavy atom. The van der Waals surface area contributed by atoms with Gasteiger partial charge in [0.25, 0.3) is 11.8 Å². The number of hydrazone groups is 2. The van der Waals surface area contributed by atoms with Crippen LogP contribution in [0, 0.1) is 24.7 Å². The van der Waals surface area contributed by atoms with Gasteiger partial charge in [0.15, 0.2) is 5.71 Å². The van der Waals surface area contributed by atoms with Gasteiger partial charge in [-0.1, -0.05) is 48.5 Å². The molecule has 73 heavy (non-hydrogen) atoms. The number of rotatable bonds is 16. The minimum atomic E-state index is -0.419. The smallest absolute Gasteiger partial charge is 0.303 e. The van der Waals surface area contributed by atoms with Crippen LogP contribution in [0.3, 0.4) is 0 Å². The number of benzene rings is 3. The number of ether oxygens (including phenoxy) is 1. The zero-order valence-electron chi connectivity index (χ0n) is 39.9. The highest BCUT2D eigenvalue weighted by Crippen LogP contribution is 2.44. The van der Waals surface area contributed by atoms with Gasteiger partial charge in [-0.25, -0.2) is 15.0 Å². The quantitative estimate of drug-likeness (QED) is 0.0478. The predicted octanol–water partition coefficient (Wildman–Crippen LogP) is 7.30. The van der Waals surface area contributed by atoms with Crippen LogP contribution in [0.2, 0.25) is 0 Å². The number of thiophene rings is 1. The van der Waals surface area contributed by atoms with Crippen LogP contribution in [-0.4, -0.2) is 95.4 Å². The van der Waals surface area contributed by atoms with Gasteiger partial charge >= 0.3 is 5.91 Å². The molecule has 2 aliphatic heterocycles. The van der Waals surface area contributed by atoms with E-state index in [9.17, 15) is 19.2 Å². The third kappa shape index (κ3) is 10.2. The number of carbonyl (C=O) groups excluding carboxylic acids is 4. The zero-order valence-corrected chi connectivity index (χ0v) is 42.3. The van der Waals surface area contributed by atoms with Crippen LogP contribution in [0.25, 0.3) is 21.5 Å². The van der Waals surface area contributed by atoms with Gasteiger partial charge in [0, 0.05) is 88.6 Å². The van der Waals surface area contributed by atoms with Crippen LogP contribution in [0.4, 0.5) is 21.6 Å². The average Bonchev–Trinajstić information content (AvgIpc) is 4.27. The lowest BCUT2D eigenvalue weighted by atomic mass is 9.83. The molecule has 2 aliphatic carbocycles. The number of aromatic nitrogens is 3. The highest BCUT2D eigenvalue weighted by Gasteiger charge is 2.46. The molecule has 0 radical (unpaired) electrons. The van der Waals surface area contributed by atoms with Crippen molar-refractivity contribution in [1.29, 1.82) is 0 Å². The number of nitrogens with one attached hydrogen (secondary N) is 4. The molecule has 3 atom stereocenters. The monoisotopic (exact) mass is 1030 g/mol. The molecule has 3 unspecified atom stereocenters. The average molecular weight is 1030 g/mol. The second-order valence-electron chi connectivity index (χ2n) is 18.6. The molecular formula is C53H52N12O5S3. The summed E-state index contributed by atoms with van der Waals surface area (Å²) in [6.45, 7) is 4.98. The normalized spacial score (nSPS) is 19.8. The van der Waals surface area contributed by atoms with E-state index in [2.05, 4.69) is 64.6 Å². The molecule has 11 rings (SSSR count). The molecule has 17 nitrogen and oxygen atoms in total. The van der Waals surface area contributed by atoms with Crippen molar-refractivity contribution in [3.63, 3.8) is 0 Å². The summed E-state index contributed by atoms with van der Waals surface area (Å²) in [5, 5.41) is 24.9. The fourth-order valence-electron chi connectivity index (χ4n) is 10.3. The number of piperidine rings is 1. The molecule has 7 aromatic rings. The molecule has 4 amide bonds. The SMILES string of the molecule is Cc1ccc2c(N)c(C(=O)NC3CCc4cc(N5CC6CCC(C5)C6C(=O)NCCOCCNC(=O)c5ccc(-c6csc(N7N=C(c8ccccc8)/C(=N\Nc8nccs8)C7=O)n6)cc5)ccc4C3)sc2n1. The fraction of sp³-hybridized carbons (Fsp3) is 0.302. The first-order chi connectivity index (χ1) is 35.6. The van der Waals surface area contributed by atoms with Crippen molar-refractivity contribution in [3.8, 4) is 11.3 Å². The molecule has 3 aromatic carbocycles. The summed E-state index contributed by atoms with van der Waals surface area (Å²) in [7, 11) is 0. The van der Waals surface area contributed by atoms with Crippen LogP contribution >= 0.6 is 34.0 Å². The van der Waals surface area contributed by atoms with E-state index in [1.54, 1.807) is 18.3 Å². The van der Waals surface area contributed by atoms with Crippen molar-refractivity contribution < 1.29 is 23.9 Å². The maximum absolute atomic E-state index is 13.6. The van der Waals surface area contributed by atoms with Crippen molar-refractivity contribution in [1.82, 2.24) is 30.9 Å². The summed E-state index contributed by atoms with van der Waals surface area (Å²) in [6, 6.07) is 27.1. The van der Waals surface area contributed by atoms with Gasteiger partial charge in [-0.05, 0) is 98.4 Å². The number of nitrogen functional groups attached to an aromatic ring is 1. The van der Waals surface area contributed by atoms with Gasteiger partial charge in [0.2, 0.25) is 16.2 Å². The number of hydrogen-bond acceptors (Lipinski definition) is 16. The Labute approximate surface area is 433 Å². The first-order valence-electron chi connectivity index (χ1n) is 24.4. The van der Waals surface area contributed by atoms with E-state index in [1.807, 2.05) is 72.3 Å². The number of aryl methyl sites for hydroxylation is 2. The fourth-order valence-corrected chi connectivity index (χ4v) is 12.6. The number of amides is 4. The molecule has 6 N–H and O–H groups in total. The first-order valence-corrected chi connectivity index (χ1v) is 27.0. The minimum absolute atomic E-state index is 0.0151. The number of hydrogen-bond donors (Lipinski definition) is 5. The highest BCUT2D eigenvalue weighted by molar-refractivity contribution is 7.21. The minimum Gasteiger partial charge on any atom is -0.397 e. The Kier molecular flexibility index (Phi) is 13.8. The zero-order chi connectivity index (χ0) is 50.0. The summed E-state index contributed by atoms with van der Waals surface area (Å²) < 4.78 is 5.79. The molecule has 372 valence electrons. The van der Waals surface area contributed by atoms with Gasteiger partial charge < -0.3 is 31.3 Å². The second-order valence-corrected chi connectivity index (χ2v) is 21.4. The van der Waals surface area contributed by atoms with Crippen molar-refractivity contribution in [3.05, 3.63) is 135 Å². The molecule has 4 aromatic heterocycles. The second kappa shape index (κ2) is 21.0.